The molecule has 0 spiro atoms. The summed E-state index contributed by atoms with van der Waals surface area (Å²) in [5, 5.41) is 14.8. The molecular weight excluding hydrogens is 472 g/mol. The minimum absolute atomic E-state index is 0.0399. The van der Waals surface area contributed by atoms with Gasteiger partial charge < -0.3 is 19.3 Å². The number of hydrogen-bond donors (Lipinski definition) is 1. The molecule has 5 rings (SSSR count). The number of ether oxygens (including phenoxy) is 1. The predicted octanol–water partition coefficient (Wildman–Crippen LogP) is 3.02. The fraction of sp³-hybridized carbons (Fsp3) is 0.250. The van der Waals surface area contributed by atoms with E-state index in [1.54, 1.807) is 11.0 Å². The van der Waals surface area contributed by atoms with Crippen LogP contribution in [0.1, 0.15) is 30.8 Å². The molecule has 2 aliphatic heterocycles. The van der Waals surface area contributed by atoms with Crippen LogP contribution in [-0.2, 0) is 28.0 Å². The molecule has 0 unspecified atom stereocenters. The Balaban J connectivity index is 1.54. The average Bonchev–Trinajstić information content (AvgIpc) is 3.50. The number of rotatable bonds is 7. The third kappa shape index (κ3) is 3.97. The Hall–Kier alpha value is -3.99. The van der Waals surface area contributed by atoms with Crippen LogP contribution < -0.4 is 4.74 Å². The molecule has 35 heavy (non-hydrogen) atoms. The van der Waals surface area contributed by atoms with Gasteiger partial charge in [0.1, 0.15) is 27.7 Å². The zero-order valence-electron chi connectivity index (χ0n) is 19.0. The van der Waals surface area contributed by atoms with Crippen molar-refractivity contribution >= 4 is 21.6 Å². The summed E-state index contributed by atoms with van der Waals surface area (Å²) >= 11 is 0. The van der Waals surface area contributed by atoms with Crippen molar-refractivity contribution in [1.29, 1.82) is 0 Å². The van der Waals surface area contributed by atoms with Crippen molar-refractivity contribution in [1.82, 2.24) is 15.0 Å². The maximum atomic E-state index is 13.6. The number of hydrogen-bond acceptors (Lipinski definition) is 8. The lowest BCUT2D eigenvalue weighted by atomic mass is 9.98. The third-order valence-corrected chi connectivity index (χ3v) is 7.24. The second-order valence-corrected chi connectivity index (χ2v) is 10.1. The Kier molecular flexibility index (Phi) is 5.64. The molecule has 0 bridgehead atoms. The maximum Gasteiger partial charge on any atom is 0.287 e. The highest BCUT2D eigenvalue weighted by Gasteiger charge is 2.46. The first-order valence-electron chi connectivity index (χ1n) is 10.9. The molecule has 0 radical (unpaired) electrons. The molecule has 0 fully saturated rings. The molecule has 10 nitrogen and oxygen atoms in total. The van der Waals surface area contributed by atoms with Gasteiger partial charge in [-0.1, -0.05) is 61.5 Å². The molecule has 3 aromatic rings. The van der Waals surface area contributed by atoms with Gasteiger partial charge in [0.25, 0.3) is 15.9 Å². The lowest BCUT2D eigenvalue weighted by molar-refractivity contribution is -0.128. The number of aromatic nitrogens is 2. The minimum Gasteiger partial charge on any atom is -0.509 e. The first-order chi connectivity index (χ1) is 16.8. The minimum atomic E-state index is -4.19. The molecule has 11 heteroatoms. The van der Waals surface area contributed by atoms with E-state index < -0.39 is 22.0 Å². The van der Waals surface area contributed by atoms with Crippen LogP contribution in [0.3, 0.4) is 0 Å². The molecular formula is C24H22N4O6S. The number of aliphatic hydroxyl groups is 1. The van der Waals surface area contributed by atoms with Gasteiger partial charge in [-0.2, -0.15) is 17.8 Å². The molecule has 1 amide bonds. The van der Waals surface area contributed by atoms with Crippen molar-refractivity contribution in [2.24, 2.45) is 10.3 Å². The summed E-state index contributed by atoms with van der Waals surface area (Å²) in [5.74, 6) is -0.520. The smallest absolute Gasteiger partial charge is 0.287 e. The largest absolute Gasteiger partial charge is 0.509 e. The van der Waals surface area contributed by atoms with Crippen LogP contribution >= 0.6 is 0 Å². The summed E-state index contributed by atoms with van der Waals surface area (Å²) in [6.07, 6.45) is 1.14. The molecule has 0 saturated heterocycles. The monoisotopic (exact) mass is 494 g/mol. The van der Waals surface area contributed by atoms with Gasteiger partial charge in [-0.25, -0.2) is 0 Å². The number of fused-ring (bicyclic) bond motifs is 1. The second-order valence-electron chi connectivity index (χ2n) is 8.55. The molecule has 2 aliphatic rings. The van der Waals surface area contributed by atoms with Crippen LogP contribution in [0.25, 0.3) is 0 Å². The fourth-order valence-electron chi connectivity index (χ4n) is 4.40. The maximum absolute atomic E-state index is 13.6. The Morgan fingerprint density at radius 3 is 2.60 bits per heavy atom. The number of nitrogens with zero attached hydrogens (tertiary/aromatic N) is 4. The van der Waals surface area contributed by atoms with E-state index >= 15 is 0 Å². The van der Waals surface area contributed by atoms with Crippen LogP contribution in [-0.4, -0.2) is 46.2 Å². The van der Waals surface area contributed by atoms with Gasteiger partial charge in [-0.3, -0.25) is 4.79 Å². The van der Waals surface area contributed by atoms with Gasteiger partial charge in [-0.05, 0) is 17.5 Å². The summed E-state index contributed by atoms with van der Waals surface area (Å²) in [4.78, 5) is 18.8. The summed E-state index contributed by atoms with van der Waals surface area (Å²) in [7, 11) is -4.19. The number of benzene rings is 2. The van der Waals surface area contributed by atoms with Crippen LogP contribution in [0, 0.1) is 5.92 Å². The van der Waals surface area contributed by atoms with Gasteiger partial charge in [0.2, 0.25) is 12.2 Å². The zero-order chi connectivity index (χ0) is 24.7. The van der Waals surface area contributed by atoms with Crippen molar-refractivity contribution in [2.45, 2.75) is 37.9 Å². The van der Waals surface area contributed by atoms with Crippen LogP contribution in [0.2, 0.25) is 0 Å². The first kappa shape index (κ1) is 22.8. The number of aliphatic hydroxyl groups excluding tert-OH is 1. The summed E-state index contributed by atoms with van der Waals surface area (Å²) in [6.45, 7) is 3.92. The van der Waals surface area contributed by atoms with Crippen molar-refractivity contribution < 1.29 is 27.6 Å². The van der Waals surface area contributed by atoms with Crippen molar-refractivity contribution in [3.63, 3.8) is 0 Å². The molecule has 0 aliphatic carbocycles. The van der Waals surface area contributed by atoms with E-state index in [0.717, 1.165) is 12.0 Å². The lowest BCUT2D eigenvalue weighted by Crippen LogP contribution is -2.38. The normalized spacial score (nSPS) is 18.8. The van der Waals surface area contributed by atoms with Crippen molar-refractivity contribution in [3.05, 3.63) is 83.2 Å². The van der Waals surface area contributed by atoms with E-state index in [0.29, 0.717) is 0 Å². The van der Waals surface area contributed by atoms with Gasteiger partial charge in [-0.15, -0.1) is 0 Å². The first-order valence-corrected chi connectivity index (χ1v) is 12.4. The highest BCUT2D eigenvalue weighted by molar-refractivity contribution is 7.91. The molecule has 180 valence electrons. The molecule has 1 aromatic heterocycles. The van der Waals surface area contributed by atoms with E-state index in [1.165, 1.54) is 12.1 Å². The predicted molar refractivity (Wildman–Crippen MR) is 124 cm³/mol. The number of carbonyl (C=O) groups excluding carboxylic acids is 1. The van der Waals surface area contributed by atoms with Crippen LogP contribution in [0.4, 0.5) is 0 Å². The van der Waals surface area contributed by atoms with E-state index in [-0.39, 0.29) is 58.1 Å². The van der Waals surface area contributed by atoms with Gasteiger partial charge in [0.15, 0.2) is 6.61 Å². The van der Waals surface area contributed by atoms with Gasteiger partial charge in [0, 0.05) is 12.1 Å². The highest BCUT2D eigenvalue weighted by atomic mass is 32.2. The van der Waals surface area contributed by atoms with E-state index in [4.69, 9.17) is 4.74 Å². The van der Waals surface area contributed by atoms with E-state index in [1.807, 2.05) is 44.2 Å². The van der Waals surface area contributed by atoms with Gasteiger partial charge in [0.05, 0.1) is 6.04 Å². The van der Waals surface area contributed by atoms with Crippen molar-refractivity contribution in [3.8, 4) is 5.75 Å². The molecule has 1 atom stereocenters. The number of amides is 1. The fourth-order valence-corrected chi connectivity index (χ4v) is 5.74. The molecule has 3 heterocycles. The quantitative estimate of drug-likeness (QED) is 0.530. The average molecular weight is 495 g/mol. The standard InChI is InChI=1S/C24H22N4O6S/c1-14(2)21-22(29)19(24(30)28(21)11-15-7-4-3-5-8-15)20-16-9-6-10-17(23(16)35(31,32)27-20)33-12-18-25-13-34-26-18/h3-10,13-14,21,29H,11-12H2,1-2H3/t21-/m0/s1. The Bertz CT molecular complexity index is 1450. The number of carbonyl (C=O) groups is 1. The summed E-state index contributed by atoms with van der Waals surface area (Å²) in [5.41, 5.74) is 0.875. The van der Waals surface area contributed by atoms with Crippen LogP contribution in [0.5, 0.6) is 5.75 Å². The molecule has 1 N–H and O–H groups in total. The SMILES string of the molecule is CC(C)[C@H]1C(O)=C(C2=NS(=O)(=O)c3c(OCc4ncon4)cccc32)C(=O)N1Cc1ccccc1. The van der Waals surface area contributed by atoms with E-state index in [9.17, 15) is 18.3 Å². The molecule has 0 saturated carbocycles. The Morgan fingerprint density at radius 2 is 1.91 bits per heavy atom. The molecule has 2 aromatic carbocycles. The second kappa shape index (κ2) is 8.66. The Morgan fingerprint density at radius 1 is 1.14 bits per heavy atom. The van der Waals surface area contributed by atoms with Crippen molar-refractivity contribution in [2.75, 3.05) is 0 Å². The number of sulfonamides is 1. The third-order valence-electron chi connectivity index (χ3n) is 5.88. The topological polar surface area (TPSA) is 135 Å². The lowest BCUT2D eigenvalue weighted by Gasteiger charge is -2.28. The summed E-state index contributed by atoms with van der Waals surface area (Å²) < 4.78 is 40.3. The van der Waals surface area contributed by atoms with E-state index in [2.05, 4.69) is 19.1 Å². The zero-order valence-corrected chi connectivity index (χ0v) is 19.8. The summed E-state index contributed by atoms with van der Waals surface area (Å²) in [6, 6.07) is 13.4. The highest BCUT2D eigenvalue weighted by Crippen LogP contribution is 2.40. The van der Waals surface area contributed by atoms with Gasteiger partial charge >= 0.3 is 0 Å². The Labute approximate surface area is 201 Å². The van der Waals surface area contributed by atoms with Crippen LogP contribution in [0.15, 0.2) is 80.1 Å².